The fourth-order valence-electron chi connectivity index (χ4n) is 5.23. The maximum Gasteiger partial charge on any atom is 0.119 e. The molecule has 218 valence electrons. The van der Waals surface area contributed by atoms with Gasteiger partial charge in [-0.1, -0.05) is 71.0 Å². The molecule has 0 saturated heterocycles. The van der Waals surface area contributed by atoms with E-state index in [1.165, 1.54) is 11.1 Å². The summed E-state index contributed by atoms with van der Waals surface area (Å²) >= 11 is 0. The molecule has 0 amide bonds. The third-order valence-electron chi connectivity index (χ3n) is 7.09. The molecule has 0 aromatic heterocycles. The number of aliphatic hydroxyl groups excluding tert-OH is 1. The van der Waals surface area contributed by atoms with Crippen molar-refractivity contribution in [3.8, 4) is 11.5 Å². The van der Waals surface area contributed by atoms with Gasteiger partial charge in [0.1, 0.15) is 37.8 Å². The molecule has 0 bridgehead atoms. The average molecular weight is 549 g/mol. The first-order chi connectivity index (χ1) is 18.9. The summed E-state index contributed by atoms with van der Waals surface area (Å²) in [4.78, 5) is 0. The summed E-state index contributed by atoms with van der Waals surface area (Å²) in [6.45, 7) is 15.7. The van der Waals surface area contributed by atoms with Gasteiger partial charge in [0, 0.05) is 5.56 Å². The van der Waals surface area contributed by atoms with Gasteiger partial charge in [0.05, 0.1) is 33.9 Å². The molecular weight excluding hydrogens is 498 g/mol. The largest absolute Gasteiger partial charge is 0.491 e. The van der Waals surface area contributed by atoms with E-state index in [9.17, 15) is 0 Å². The van der Waals surface area contributed by atoms with E-state index in [0.29, 0.717) is 31.8 Å². The minimum absolute atomic E-state index is 0.0595. The summed E-state index contributed by atoms with van der Waals surface area (Å²) in [5.74, 6) is 1.74. The standard InChI is InChI=1S/C35H50NO4/c1-34(2,3)27-35(4,5)31-14-18-32(19-15-31)39-23-22-38-21-20-36(6,7)24-28-12-16-33(17-13-28)40-26-30-10-8-29(25-37)9-11-30/h8-19,37H,20-27H2,1-7H3/q+1. The summed E-state index contributed by atoms with van der Waals surface area (Å²) in [5.41, 5.74) is 5.03. The second-order valence-corrected chi connectivity index (χ2v) is 13.3. The van der Waals surface area contributed by atoms with Crippen LogP contribution >= 0.6 is 0 Å². The van der Waals surface area contributed by atoms with Crippen molar-refractivity contribution in [3.05, 3.63) is 95.1 Å². The van der Waals surface area contributed by atoms with Gasteiger partial charge in [-0.05, 0) is 70.3 Å². The Morgan fingerprint density at radius 2 is 1.20 bits per heavy atom. The minimum Gasteiger partial charge on any atom is -0.491 e. The van der Waals surface area contributed by atoms with Crippen LogP contribution in [0.2, 0.25) is 0 Å². The molecule has 3 aromatic rings. The SMILES string of the molecule is CC(C)(C)CC(C)(C)c1ccc(OCCOCC[N+](C)(C)Cc2ccc(OCc3ccc(CO)cc3)cc2)cc1. The van der Waals surface area contributed by atoms with Crippen LogP contribution in [0.4, 0.5) is 0 Å². The van der Waals surface area contributed by atoms with Gasteiger partial charge in [-0.2, -0.15) is 0 Å². The van der Waals surface area contributed by atoms with Gasteiger partial charge in [0.15, 0.2) is 0 Å². The van der Waals surface area contributed by atoms with Gasteiger partial charge in [-0.25, -0.2) is 0 Å². The molecule has 0 radical (unpaired) electrons. The lowest BCUT2D eigenvalue weighted by atomic mass is 9.72. The molecular formula is C35H50NO4+. The lowest BCUT2D eigenvalue weighted by Gasteiger charge is -2.33. The van der Waals surface area contributed by atoms with Gasteiger partial charge < -0.3 is 23.8 Å². The fourth-order valence-corrected chi connectivity index (χ4v) is 5.23. The predicted octanol–water partition coefficient (Wildman–Crippen LogP) is 7.14. The monoisotopic (exact) mass is 548 g/mol. The molecule has 0 aliphatic carbocycles. The number of hydrogen-bond donors (Lipinski definition) is 1. The van der Waals surface area contributed by atoms with Gasteiger partial charge in [0.2, 0.25) is 0 Å². The molecule has 1 N–H and O–H groups in total. The lowest BCUT2D eigenvalue weighted by Crippen LogP contribution is -2.41. The molecule has 40 heavy (non-hydrogen) atoms. The van der Waals surface area contributed by atoms with Crippen LogP contribution in [0.15, 0.2) is 72.8 Å². The zero-order chi connectivity index (χ0) is 29.2. The molecule has 3 rings (SSSR count). The smallest absolute Gasteiger partial charge is 0.119 e. The Labute approximate surface area is 242 Å². The topological polar surface area (TPSA) is 47.9 Å². The van der Waals surface area contributed by atoms with E-state index in [4.69, 9.17) is 19.3 Å². The summed E-state index contributed by atoms with van der Waals surface area (Å²) in [6, 6.07) is 24.7. The Balaban J connectivity index is 1.33. The van der Waals surface area contributed by atoms with Crippen molar-refractivity contribution >= 4 is 0 Å². The third-order valence-corrected chi connectivity index (χ3v) is 7.09. The molecule has 5 heteroatoms. The van der Waals surface area contributed by atoms with E-state index in [1.54, 1.807) is 0 Å². The normalized spacial score (nSPS) is 12.4. The highest BCUT2D eigenvalue weighted by molar-refractivity contribution is 5.32. The van der Waals surface area contributed by atoms with Crippen molar-refractivity contribution in [1.82, 2.24) is 0 Å². The Morgan fingerprint density at radius 1 is 0.650 bits per heavy atom. The van der Waals surface area contributed by atoms with E-state index in [2.05, 4.69) is 85.1 Å². The number of aliphatic hydroxyl groups is 1. The molecule has 0 fully saturated rings. The van der Waals surface area contributed by atoms with Crippen LogP contribution in [0.25, 0.3) is 0 Å². The van der Waals surface area contributed by atoms with Crippen LogP contribution < -0.4 is 9.47 Å². The first kappa shape index (κ1) is 31.7. The van der Waals surface area contributed by atoms with Gasteiger partial charge in [-0.15, -0.1) is 0 Å². The van der Waals surface area contributed by atoms with E-state index < -0.39 is 0 Å². The van der Waals surface area contributed by atoms with Crippen LogP contribution in [0.5, 0.6) is 11.5 Å². The molecule has 0 aliphatic rings. The van der Waals surface area contributed by atoms with Crippen LogP contribution in [0.3, 0.4) is 0 Å². The van der Waals surface area contributed by atoms with E-state index in [1.807, 2.05) is 36.4 Å². The maximum absolute atomic E-state index is 9.17. The van der Waals surface area contributed by atoms with Crippen LogP contribution in [-0.2, 0) is 29.9 Å². The Kier molecular flexibility index (Phi) is 11.2. The number of rotatable bonds is 15. The van der Waals surface area contributed by atoms with Crippen LogP contribution in [0, 0.1) is 5.41 Å². The predicted molar refractivity (Wildman–Crippen MR) is 164 cm³/mol. The van der Waals surface area contributed by atoms with E-state index in [0.717, 1.165) is 46.6 Å². The van der Waals surface area contributed by atoms with Crippen molar-refractivity contribution in [3.63, 3.8) is 0 Å². The summed E-state index contributed by atoms with van der Waals surface area (Å²) in [6.07, 6.45) is 1.13. The van der Waals surface area contributed by atoms with Crippen molar-refractivity contribution in [2.75, 3.05) is 40.5 Å². The first-order valence-electron chi connectivity index (χ1n) is 14.4. The van der Waals surface area contributed by atoms with Gasteiger partial charge in [0.25, 0.3) is 0 Å². The highest BCUT2D eigenvalue weighted by Gasteiger charge is 2.27. The van der Waals surface area contributed by atoms with E-state index >= 15 is 0 Å². The highest BCUT2D eigenvalue weighted by Crippen LogP contribution is 2.36. The van der Waals surface area contributed by atoms with E-state index in [-0.39, 0.29) is 12.0 Å². The number of nitrogens with zero attached hydrogens (tertiary/aromatic N) is 1. The average Bonchev–Trinajstić information content (AvgIpc) is 2.89. The Bertz CT molecular complexity index is 1140. The second-order valence-electron chi connectivity index (χ2n) is 13.3. The molecule has 0 heterocycles. The number of likely N-dealkylation sites (N-methyl/N-ethyl adjacent to an activating group) is 1. The molecule has 5 nitrogen and oxygen atoms in total. The maximum atomic E-state index is 9.17. The second kappa shape index (κ2) is 14.2. The van der Waals surface area contributed by atoms with Crippen LogP contribution in [-0.4, -0.2) is 50.1 Å². The minimum atomic E-state index is 0.0595. The Morgan fingerprint density at radius 3 is 1.80 bits per heavy atom. The van der Waals surface area contributed by atoms with Crippen molar-refractivity contribution in [1.29, 1.82) is 0 Å². The third kappa shape index (κ3) is 11.0. The summed E-state index contributed by atoms with van der Waals surface area (Å²) in [7, 11) is 4.45. The highest BCUT2D eigenvalue weighted by atomic mass is 16.5. The van der Waals surface area contributed by atoms with Crippen molar-refractivity contribution < 1.29 is 23.8 Å². The van der Waals surface area contributed by atoms with Crippen molar-refractivity contribution in [2.24, 2.45) is 5.41 Å². The number of benzene rings is 3. The summed E-state index contributed by atoms with van der Waals surface area (Å²) < 4.78 is 18.6. The molecule has 0 aliphatic heterocycles. The first-order valence-corrected chi connectivity index (χ1v) is 14.4. The number of ether oxygens (including phenoxy) is 3. The van der Waals surface area contributed by atoms with Crippen LogP contribution in [0.1, 0.15) is 63.3 Å². The van der Waals surface area contributed by atoms with Gasteiger partial charge in [-0.3, -0.25) is 0 Å². The number of hydrogen-bond acceptors (Lipinski definition) is 4. The molecule has 0 atom stereocenters. The zero-order valence-corrected chi connectivity index (χ0v) is 25.7. The lowest BCUT2D eigenvalue weighted by molar-refractivity contribution is -0.904. The quantitative estimate of drug-likeness (QED) is 0.162. The Hall–Kier alpha value is -2.86. The molecule has 3 aromatic carbocycles. The van der Waals surface area contributed by atoms with Crippen molar-refractivity contribution in [2.45, 2.75) is 66.2 Å². The number of quaternary nitrogens is 1. The summed E-state index contributed by atoms with van der Waals surface area (Å²) in [5, 5.41) is 9.17. The molecule has 0 unspecified atom stereocenters. The fraction of sp³-hybridized carbons (Fsp3) is 0.486. The molecule has 0 spiro atoms. The molecule has 0 saturated carbocycles. The van der Waals surface area contributed by atoms with Gasteiger partial charge >= 0.3 is 0 Å². The zero-order valence-electron chi connectivity index (χ0n) is 25.7.